The third-order valence-corrected chi connectivity index (χ3v) is 2.00. The molecule has 31 heteroatoms. The maximum absolute atomic E-state index is 12.5. The first-order chi connectivity index (χ1) is 15.0. The van der Waals surface area contributed by atoms with Crippen molar-refractivity contribution in [3.63, 3.8) is 0 Å². The van der Waals surface area contributed by atoms with Gasteiger partial charge in [-0.05, 0) is 12.1 Å². The number of hydrogen-bond donors (Lipinski definition) is 10. The number of benzene rings is 1. The second-order valence-electron chi connectivity index (χ2n) is 4.25. The molecule has 220 valence electrons. The summed E-state index contributed by atoms with van der Waals surface area (Å²) >= 11 is 0. The van der Waals surface area contributed by atoms with Crippen LogP contribution in [-0.4, -0.2) is 57.0 Å². The van der Waals surface area contributed by atoms with Gasteiger partial charge < -0.3 is 9.79 Å². The fourth-order valence-electron chi connectivity index (χ4n) is 0.654. The van der Waals surface area contributed by atoms with Gasteiger partial charge in [0.15, 0.2) is 0 Å². The Morgan fingerprint density at radius 3 is 0.892 bits per heavy atom. The number of hydrogen-bond acceptors (Lipinski definition) is 8. The van der Waals surface area contributed by atoms with Gasteiger partial charge in [0.25, 0.3) is 10.1 Å². The van der Waals surface area contributed by atoms with Crippen molar-refractivity contribution in [1.82, 2.24) is 0 Å². The van der Waals surface area contributed by atoms with Gasteiger partial charge in [-0.15, -0.1) is 16.8 Å². The SMILES string of the molecule is O=P(O)(O)F.O=P(O)(O)F.O=P(O)(O)F.O=P(O)(O)F.O=P([O-])(O)F.O=S(=O)(O)c1ccccc1F.[Li+]. The normalized spacial score (nSPS) is 12.7. The Morgan fingerprint density at radius 2 is 0.784 bits per heavy atom. The zero-order chi connectivity index (χ0) is 31.0. The van der Waals surface area contributed by atoms with Gasteiger partial charge in [-0.25, -0.2) is 22.7 Å². The summed E-state index contributed by atoms with van der Waals surface area (Å²) in [7, 11) is -30.4. The van der Waals surface area contributed by atoms with Crippen LogP contribution in [0.2, 0.25) is 0 Å². The van der Waals surface area contributed by atoms with Crippen LogP contribution in [0.4, 0.5) is 25.4 Å². The molecule has 0 fully saturated rings. The Kier molecular flexibility index (Phi) is 28.2. The fourth-order valence-corrected chi connectivity index (χ4v) is 1.22. The zero-order valence-electron chi connectivity index (χ0n) is 17.0. The predicted octanol–water partition coefficient (Wildman–Crippen LogP) is -2.31. The fraction of sp³-hybridized carbons (Fsp3) is 0. The molecule has 0 aliphatic rings. The van der Waals surface area contributed by atoms with Crippen LogP contribution in [0.25, 0.3) is 0 Å². The zero-order valence-corrected chi connectivity index (χ0v) is 22.2. The van der Waals surface area contributed by atoms with E-state index in [1.807, 2.05) is 0 Å². The molecule has 0 heterocycles. The largest absolute Gasteiger partial charge is 1.00 e. The molecule has 1 aromatic carbocycles. The first-order valence-corrected chi connectivity index (χ1v) is 15.4. The van der Waals surface area contributed by atoms with Crippen molar-refractivity contribution in [3.05, 3.63) is 30.1 Å². The molecule has 1 unspecified atom stereocenters. The Morgan fingerprint density at radius 1 is 0.622 bits per heavy atom. The van der Waals surface area contributed by atoms with Crippen LogP contribution in [0.5, 0.6) is 0 Å². The van der Waals surface area contributed by atoms with Gasteiger partial charge in [-0.3, -0.25) is 48.3 Å². The van der Waals surface area contributed by atoms with Crippen LogP contribution in [0.15, 0.2) is 29.2 Å². The predicted molar refractivity (Wildman–Crippen MR) is 99.8 cm³/mol. The first kappa shape index (κ1) is 49.9. The Hall–Kier alpha value is 0.0574. The Labute approximate surface area is 213 Å². The van der Waals surface area contributed by atoms with Crippen LogP contribution >= 0.6 is 39.5 Å². The van der Waals surface area contributed by atoms with Crippen LogP contribution in [0.3, 0.4) is 0 Å². The smallest absolute Gasteiger partial charge is 0.753 e. The van der Waals surface area contributed by atoms with Crippen molar-refractivity contribution >= 4 is 49.7 Å². The molecule has 0 aliphatic heterocycles. The Balaban J connectivity index is -0.0000000812. The van der Waals surface area contributed by atoms with Crippen LogP contribution in [0, 0.1) is 5.82 Å². The molecule has 0 aliphatic carbocycles. The molecule has 1 atom stereocenters. The van der Waals surface area contributed by atoms with Crippen molar-refractivity contribution in [2.75, 3.05) is 0 Å². The van der Waals surface area contributed by atoms with Crippen LogP contribution in [0.1, 0.15) is 0 Å². The van der Waals surface area contributed by atoms with Crippen molar-refractivity contribution in [3.8, 4) is 0 Å². The first-order valence-electron chi connectivity index (χ1n) is 6.48. The van der Waals surface area contributed by atoms with Crippen molar-refractivity contribution < 1.29 is 129 Å². The van der Waals surface area contributed by atoms with E-state index in [4.69, 9.17) is 76.3 Å². The summed E-state index contributed by atoms with van der Waals surface area (Å²) in [6, 6.07) is 4.62. The summed E-state index contributed by atoms with van der Waals surface area (Å²) in [4.78, 5) is 70.4. The monoisotopic (exact) mass is 682 g/mol. The molecular weight excluding hydrogens is 668 g/mol. The minimum Gasteiger partial charge on any atom is -0.753 e. The summed E-state index contributed by atoms with van der Waals surface area (Å²) in [6.45, 7) is 0. The van der Waals surface area contributed by atoms with Gasteiger partial charge in [-0.2, -0.15) is 12.6 Å². The van der Waals surface area contributed by atoms with E-state index in [0.29, 0.717) is 0 Å². The molecule has 37 heavy (non-hydrogen) atoms. The molecule has 0 bridgehead atoms. The van der Waals surface area contributed by atoms with Crippen LogP contribution in [-0.2, 0) is 32.9 Å². The summed E-state index contributed by atoms with van der Waals surface area (Å²) < 4.78 is 137. The maximum atomic E-state index is 12.5. The van der Waals surface area contributed by atoms with E-state index in [0.717, 1.165) is 12.1 Å². The third-order valence-electron chi connectivity index (χ3n) is 1.11. The van der Waals surface area contributed by atoms with Crippen molar-refractivity contribution in [2.45, 2.75) is 4.90 Å². The molecule has 0 saturated heterocycles. The second kappa shape index (κ2) is 20.9. The molecular formula is C6H14F6LiO18P5S. The van der Waals surface area contributed by atoms with E-state index in [-0.39, 0.29) is 18.9 Å². The summed E-state index contributed by atoms with van der Waals surface area (Å²) in [5, 5.41) is 0. The van der Waals surface area contributed by atoms with Gasteiger partial charge in [-0.1, -0.05) is 12.1 Å². The van der Waals surface area contributed by atoms with E-state index in [1.54, 1.807) is 0 Å². The summed E-state index contributed by atoms with van der Waals surface area (Å²) in [6.07, 6.45) is 0. The van der Waals surface area contributed by atoms with E-state index in [2.05, 4.69) is 0 Å². The van der Waals surface area contributed by atoms with Crippen molar-refractivity contribution in [1.29, 1.82) is 0 Å². The second-order valence-corrected chi connectivity index (χ2v) is 10.3. The summed E-state index contributed by atoms with van der Waals surface area (Å²) in [5.41, 5.74) is 0. The van der Waals surface area contributed by atoms with Gasteiger partial charge in [0.05, 0.1) is 0 Å². The Bertz CT molecular complexity index is 933. The quantitative estimate of drug-likeness (QED) is 0.0643. The standard InChI is InChI=1S/C6H5FO3S.5FH2O3P.Li/c7-5-3-1-2-4-6(5)11(8,9)10;5*1-5(2,3)4;/h1-4H,(H,8,9,10);5*(H2,2,3,4);/q;;;;;;+1/p-1. The minimum atomic E-state index is -5.39. The average Bonchev–Trinajstić information content (AvgIpc) is 2.36. The van der Waals surface area contributed by atoms with Gasteiger partial charge in [0.2, 0.25) is 0 Å². The average molecular weight is 682 g/mol. The van der Waals surface area contributed by atoms with Crippen LogP contribution < -0.4 is 23.8 Å². The number of halogens is 6. The maximum Gasteiger partial charge on any atom is 1.00 e. The molecule has 0 radical (unpaired) electrons. The van der Waals surface area contributed by atoms with E-state index >= 15 is 0 Å². The molecule has 18 nitrogen and oxygen atoms in total. The van der Waals surface area contributed by atoms with Gasteiger partial charge in [0.1, 0.15) is 10.7 Å². The molecule has 0 amide bonds. The topological polar surface area (TPSA) is 345 Å². The van der Waals surface area contributed by atoms with Gasteiger partial charge in [0, 0.05) is 0 Å². The molecule has 1 rings (SSSR count). The van der Waals surface area contributed by atoms with E-state index in [1.165, 1.54) is 12.1 Å². The van der Waals surface area contributed by atoms with E-state index in [9.17, 15) is 33.8 Å². The van der Waals surface area contributed by atoms with E-state index < -0.39 is 60.4 Å². The molecule has 0 saturated carbocycles. The third kappa shape index (κ3) is 144. The van der Waals surface area contributed by atoms with Gasteiger partial charge >= 0.3 is 58.4 Å². The minimum absolute atomic E-state index is 0. The summed E-state index contributed by atoms with van der Waals surface area (Å²) in [5.74, 6) is -0.949. The van der Waals surface area contributed by atoms with Crippen molar-refractivity contribution in [2.24, 2.45) is 0 Å². The molecule has 10 N–H and O–H groups in total. The molecule has 0 spiro atoms. The molecule has 1 aromatic rings. The number of rotatable bonds is 1. The molecule has 0 aromatic heterocycles.